The maximum atomic E-state index is 14.0. The summed E-state index contributed by atoms with van der Waals surface area (Å²) in [5.74, 6) is 1.55. The molecule has 0 spiro atoms. The van der Waals surface area contributed by atoms with Crippen LogP contribution in [0, 0.1) is 12.7 Å². The molecule has 3 aromatic rings. The molecule has 0 saturated heterocycles. The van der Waals surface area contributed by atoms with Gasteiger partial charge in [-0.2, -0.15) is 0 Å². The molecule has 4 rings (SSSR count). The van der Waals surface area contributed by atoms with Gasteiger partial charge in [0.2, 0.25) is 0 Å². The molecule has 8 heteroatoms. The molecule has 0 bridgehead atoms. The number of carbonyl (C=O) groups is 1. The fraction of sp³-hybridized carbons (Fsp3) is 0.345. The number of nitrogen functional groups attached to an aromatic ring is 1. The van der Waals surface area contributed by atoms with Crippen LogP contribution in [0.25, 0.3) is 0 Å². The van der Waals surface area contributed by atoms with E-state index in [1.165, 1.54) is 12.1 Å². The van der Waals surface area contributed by atoms with Gasteiger partial charge in [-0.1, -0.05) is 12.1 Å². The Morgan fingerprint density at radius 3 is 2.54 bits per heavy atom. The van der Waals surface area contributed by atoms with Crippen molar-refractivity contribution >= 4 is 11.7 Å². The summed E-state index contributed by atoms with van der Waals surface area (Å²) >= 11 is 0. The standard InChI is InChI=1S/C29H34FN3O4/c1-5-32-29(34)33-12-10-20-16-26(36-4)27(37-13-11-19-6-9-24(31)25(15-19)35-3)17-23(20)28(33)22-8-7-21(30)14-18(22)2/h6-9,14-17,28H,5,10-13,31H2,1-4H3,(H,32,34). The van der Waals surface area contributed by atoms with Crippen LogP contribution in [0.1, 0.15) is 40.8 Å². The molecule has 1 atom stereocenters. The lowest BCUT2D eigenvalue weighted by atomic mass is 9.86. The predicted molar refractivity (Wildman–Crippen MR) is 142 cm³/mol. The molecule has 37 heavy (non-hydrogen) atoms. The number of ether oxygens (including phenoxy) is 3. The average Bonchev–Trinajstić information content (AvgIpc) is 2.89. The zero-order valence-electron chi connectivity index (χ0n) is 21.8. The molecule has 1 heterocycles. The number of carbonyl (C=O) groups excluding carboxylic acids is 1. The van der Waals surface area contributed by atoms with E-state index >= 15 is 0 Å². The normalized spacial score (nSPS) is 14.6. The van der Waals surface area contributed by atoms with Crippen molar-refractivity contribution in [3.63, 3.8) is 0 Å². The summed E-state index contributed by atoms with van der Waals surface area (Å²) in [5.41, 5.74) is 11.2. The van der Waals surface area contributed by atoms with Gasteiger partial charge < -0.3 is 30.2 Å². The lowest BCUT2D eigenvalue weighted by Crippen LogP contribution is -2.46. The first kappa shape index (κ1) is 26.1. The van der Waals surface area contributed by atoms with E-state index in [0.717, 1.165) is 27.8 Å². The highest BCUT2D eigenvalue weighted by Gasteiger charge is 2.34. The molecular weight excluding hydrogens is 473 g/mol. The fourth-order valence-electron chi connectivity index (χ4n) is 4.84. The van der Waals surface area contributed by atoms with E-state index in [0.29, 0.717) is 55.5 Å². The van der Waals surface area contributed by atoms with Crippen molar-refractivity contribution in [2.24, 2.45) is 0 Å². The molecule has 1 unspecified atom stereocenters. The maximum Gasteiger partial charge on any atom is 0.318 e. The second-order valence-corrected chi connectivity index (χ2v) is 9.06. The molecular formula is C29H34FN3O4. The minimum atomic E-state index is -0.384. The SMILES string of the molecule is CCNC(=O)N1CCc2cc(OC)c(OCCc3ccc(N)c(OC)c3)cc2C1c1ccc(F)cc1C. The Kier molecular flexibility index (Phi) is 8.06. The monoisotopic (exact) mass is 507 g/mol. The zero-order chi connectivity index (χ0) is 26.5. The van der Waals surface area contributed by atoms with Crippen LogP contribution in [0.2, 0.25) is 0 Å². The highest BCUT2D eigenvalue weighted by molar-refractivity contribution is 5.76. The number of amides is 2. The predicted octanol–water partition coefficient (Wildman–Crippen LogP) is 5.03. The first-order valence-corrected chi connectivity index (χ1v) is 12.4. The number of hydrogen-bond acceptors (Lipinski definition) is 5. The number of aryl methyl sites for hydroxylation is 1. The fourth-order valence-corrected chi connectivity index (χ4v) is 4.84. The smallest absolute Gasteiger partial charge is 0.318 e. The first-order chi connectivity index (χ1) is 17.9. The van der Waals surface area contributed by atoms with E-state index in [-0.39, 0.29) is 17.9 Å². The Morgan fingerprint density at radius 1 is 1.05 bits per heavy atom. The Labute approximate surface area is 217 Å². The number of methoxy groups -OCH3 is 2. The second-order valence-electron chi connectivity index (χ2n) is 9.06. The quantitative estimate of drug-likeness (QED) is 0.418. The van der Waals surface area contributed by atoms with Crippen molar-refractivity contribution in [3.8, 4) is 17.2 Å². The summed E-state index contributed by atoms with van der Waals surface area (Å²) in [4.78, 5) is 14.9. The van der Waals surface area contributed by atoms with Crippen molar-refractivity contribution in [1.82, 2.24) is 10.2 Å². The Balaban J connectivity index is 1.68. The third-order valence-corrected chi connectivity index (χ3v) is 6.72. The maximum absolute atomic E-state index is 14.0. The molecule has 196 valence electrons. The number of benzene rings is 3. The van der Waals surface area contributed by atoms with Crippen molar-refractivity contribution in [2.75, 3.05) is 39.6 Å². The average molecular weight is 508 g/mol. The summed E-state index contributed by atoms with van der Waals surface area (Å²) in [6.45, 7) is 5.21. The molecule has 7 nitrogen and oxygen atoms in total. The van der Waals surface area contributed by atoms with Crippen LogP contribution in [-0.2, 0) is 12.8 Å². The van der Waals surface area contributed by atoms with E-state index in [9.17, 15) is 9.18 Å². The lowest BCUT2D eigenvalue weighted by Gasteiger charge is -2.38. The summed E-state index contributed by atoms with van der Waals surface area (Å²) < 4.78 is 31.1. The van der Waals surface area contributed by atoms with Gasteiger partial charge in [0.25, 0.3) is 0 Å². The van der Waals surface area contributed by atoms with Crippen LogP contribution in [-0.4, -0.2) is 44.8 Å². The van der Waals surface area contributed by atoms with E-state index in [4.69, 9.17) is 19.9 Å². The van der Waals surface area contributed by atoms with Crippen LogP contribution in [0.3, 0.4) is 0 Å². The summed E-state index contributed by atoms with van der Waals surface area (Å²) in [5, 5.41) is 2.92. The Hall–Kier alpha value is -3.94. The summed E-state index contributed by atoms with van der Waals surface area (Å²) in [6.07, 6.45) is 1.31. The molecule has 3 aromatic carbocycles. The largest absolute Gasteiger partial charge is 0.495 e. The van der Waals surface area contributed by atoms with E-state index < -0.39 is 0 Å². The Bertz CT molecular complexity index is 1280. The molecule has 1 aliphatic heterocycles. The van der Waals surface area contributed by atoms with Gasteiger partial charge in [-0.05, 0) is 84.5 Å². The van der Waals surface area contributed by atoms with Crippen LogP contribution in [0.4, 0.5) is 14.9 Å². The van der Waals surface area contributed by atoms with Gasteiger partial charge >= 0.3 is 6.03 Å². The van der Waals surface area contributed by atoms with Crippen LogP contribution in [0.5, 0.6) is 17.2 Å². The van der Waals surface area contributed by atoms with Crippen molar-refractivity contribution in [3.05, 3.63) is 82.2 Å². The van der Waals surface area contributed by atoms with Gasteiger partial charge in [-0.25, -0.2) is 9.18 Å². The number of urea groups is 1. The number of nitrogens with two attached hydrogens (primary N) is 1. The molecule has 0 aliphatic carbocycles. The second kappa shape index (κ2) is 11.4. The summed E-state index contributed by atoms with van der Waals surface area (Å²) in [6, 6.07) is 13.8. The first-order valence-electron chi connectivity index (χ1n) is 12.4. The lowest BCUT2D eigenvalue weighted by molar-refractivity contribution is 0.180. The van der Waals surface area contributed by atoms with Gasteiger partial charge in [0.15, 0.2) is 11.5 Å². The minimum absolute atomic E-state index is 0.155. The van der Waals surface area contributed by atoms with Gasteiger partial charge in [0, 0.05) is 19.5 Å². The topological polar surface area (TPSA) is 86.1 Å². The third kappa shape index (κ3) is 5.58. The molecule has 3 N–H and O–H groups in total. The number of nitrogens with zero attached hydrogens (tertiary/aromatic N) is 1. The molecule has 0 radical (unpaired) electrons. The number of fused-ring (bicyclic) bond motifs is 1. The molecule has 0 saturated carbocycles. The molecule has 2 amide bonds. The zero-order valence-corrected chi connectivity index (χ0v) is 21.8. The third-order valence-electron chi connectivity index (χ3n) is 6.72. The van der Waals surface area contributed by atoms with E-state index in [1.807, 2.05) is 49.1 Å². The van der Waals surface area contributed by atoms with Gasteiger partial charge in [0.05, 0.1) is 32.6 Å². The number of hydrogen-bond donors (Lipinski definition) is 2. The van der Waals surface area contributed by atoms with Gasteiger partial charge in [-0.3, -0.25) is 0 Å². The van der Waals surface area contributed by atoms with Crippen LogP contribution >= 0.6 is 0 Å². The summed E-state index contributed by atoms with van der Waals surface area (Å²) in [7, 11) is 3.21. The molecule has 0 aromatic heterocycles. The van der Waals surface area contributed by atoms with Crippen LogP contribution < -0.4 is 25.3 Å². The molecule has 0 fully saturated rings. The van der Waals surface area contributed by atoms with Crippen molar-refractivity contribution in [2.45, 2.75) is 32.7 Å². The van der Waals surface area contributed by atoms with E-state index in [1.54, 1.807) is 20.3 Å². The number of nitrogens with one attached hydrogen (secondary N) is 1. The number of rotatable bonds is 8. The highest BCUT2D eigenvalue weighted by atomic mass is 19.1. The number of anilines is 1. The van der Waals surface area contributed by atoms with Gasteiger partial charge in [0.1, 0.15) is 11.6 Å². The van der Waals surface area contributed by atoms with Crippen molar-refractivity contribution < 1.29 is 23.4 Å². The highest BCUT2D eigenvalue weighted by Crippen LogP contribution is 2.42. The number of halogens is 1. The minimum Gasteiger partial charge on any atom is -0.495 e. The Morgan fingerprint density at radius 2 is 1.84 bits per heavy atom. The van der Waals surface area contributed by atoms with E-state index in [2.05, 4.69) is 5.32 Å². The van der Waals surface area contributed by atoms with Crippen molar-refractivity contribution in [1.29, 1.82) is 0 Å². The van der Waals surface area contributed by atoms with Crippen LogP contribution in [0.15, 0.2) is 48.5 Å². The molecule has 1 aliphatic rings. The van der Waals surface area contributed by atoms with Gasteiger partial charge in [-0.15, -0.1) is 0 Å².